The number of nitrogens with zero attached hydrogens (tertiary/aromatic N) is 1. The van der Waals surface area contributed by atoms with Crippen LogP contribution in [0, 0.1) is 6.92 Å². The molecule has 0 saturated heterocycles. The van der Waals surface area contributed by atoms with Gasteiger partial charge >= 0.3 is 0 Å². The van der Waals surface area contributed by atoms with Crippen LogP contribution in [0.3, 0.4) is 0 Å². The van der Waals surface area contributed by atoms with Crippen molar-refractivity contribution in [1.29, 1.82) is 0 Å². The highest BCUT2D eigenvalue weighted by atomic mass is 35.5. The predicted molar refractivity (Wildman–Crippen MR) is 93.0 cm³/mol. The van der Waals surface area contributed by atoms with E-state index in [0.717, 1.165) is 15.9 Å². The van der Waals surface area contributed by atoms with Gasteiger partial charge in [0, 0.05) is 16.0 Å². The monoisotopic (exact) mass is 327 g/mol. The molecule has 0 N–H and O–H groups in total. The third kappa shape index (κ3) is 3.32. The van der Waals surface area contributed by atoms with Gasteiger partial charge < -0.3 is 0 Å². The molecule has 1 aromatic heterocycles. The number of aromatic nitrogens is 1. The van der Waals surface area contributed by atoms with Gasteiger partial charge in [-0.2, -0.15) is 0 Å². The van der Waals surface area contributed by atoms with Crippen LogP contribution in [0.25, 0.3) is 10.9 Å². The van der Waals surface area contributed by atoms with Crippen molar-refractivity contribution in [3.8, 4) is 0 Å². The normalized spacial score (nSPS) is 10.8. The molecule has 0 spiro atoms. The molecule has 0 aliphatic heterocycles. The number of hydrogen-bond acceptors (Lipinski definition) is 3. The van der Waals surface area contributed by atoms with Crippen molar-refractivity contribution in [2.45, 2.75) is 11.9 Å². The van der Waals surface area contributed by atoms with Crippen molar-refractivity contribution < 1.29 is 4.79 Å². The maximum Gasteiger partial charge on any atom is 0.173 e. The molecule has 0 aliphatic carbocycles. The summed E-state index contributed by atoms with van der Waals surface area (Å²) in [5.41, 5.74) is 2.81. The maximum atomic E-state index is 12.2. The van der Waals surface area contributed by atoms with Crippen LogP contribution >= 0.6 is 23.4 Å². The Morgan fingerprint density at radius 3 is 2.64 bits per heavy atom. The van der Waals surface area contributed by atoms with E-state index in [0.29, 0.717) is 16.3 Å². The second-order valence-corrected chi connectivity index (χ2v) is 6.45. The molecule has 0 aliphatic rings. The van der Waals surface area contributed by atoms with Crippen LogP contribution in [-0.4, -0.2) is 16.5 Å². The van der Waals surface area contributed by atoms with Gasteiger partial charge in [0.05, 0.1) is 16.3 Å². The van der Waals surface area contributed by atoms with Gasteiger partial charge in [-0.25, -0.2) is 4.98 Å². The number of aryl methyl sites for hydroxylation is 1. The summed E-state index contributed by atoms with van der Waals surface area (Å²) in [7, 11) is 0. The number of rotatable bonds is 4. The molecule has 0 amide bonds. The van der Waals surface area contributed by atoms with Gasteiger partial charge in [-0.1, -0.05) is 41.6 Å². The fraction of sp³-hybridized carbons (Fsp3) is 0.111. The standard InChI is InChI=1S/C18H14ClNOS/c1-12-10-18(20-16-5-3-2-4-15(12)16)22-11-17(21)13-6-8-14(19)9-7-13/h2-10H,11H2,1H3. The third-order valence-corrected chi connectivity index (χ3v) is 4.58. The summed E-state index contributed by atoms with van der Waals surface area (Å²) in [6, 6.07) is 17.0. The van der Waals surface area contributed by atoms with Crippen LogP contribution in [0.5, 0.6) is 0 Å². The first-order valence-electron chi connectivity index (χ1n) is 6.91. The van der Waals surface area contributed by atoms with Crippen LogP contribution in [0.1, 0.15) is 15.9 Å². The van der Waals surface area contributed by atoms with Crippen molar-refractivity contribution in [2.75, 3.05) is 5.75 Å². The summed E-state index contributed by atoms with van der Waals surface area (Å²) in [6.45, 7) is 2.06. The number of hydrogen-bond donors (Lipinski definition) is 0. The Kier molecular flexibility index (Phi) is 4.46. The largest absolute Gasteiger partial charge is 0.293 e. The zero-order chi connectivity index (χ0) is 15.5. The van der Waals surface area contributed by atoms with Gasteiger partial charge in [0.2, 0.25) is 0 Å². The number of carbonyl (C=O) groups is 1. The molecule has 0 atom stereocenters. The molecular formula is C18H14ClNOS. The number of fused-ring (bicyclic) bond motifs is 1. The number of thioether (sulfide) groups is 1. The molecule has 0 fully saturated rings. The average Bonchev–Trinajstić information content (AvgIpc) is 2.53. The van der Waals surface area contributed by atoms with E-state index in [-0.39, 0.29) is 5.78 Å². The molecular weight excluding hydrogens is 314 g/mol. The minimum Gasteiger partial charge on any atom is -0.293 e. The van der Waals surface area contributed by atoms with E-state index in [4.69, 9.17) is 11.6 Å². The maximum absolute atomic E-state index is 12.2. The first kappa shape index (κ1) is 15.1. The van der Waals surface area contributed by atoms with Crippen LogP contribution in [0.15, 0.2) is 59.6 Å². The Hall–Kier alpha value is -1.84. The van der Waals surface area contributed by atoms with E-state index in [9.17, 15) is 4.79 Å². The zero-order valence-electron chi connectivity index (χ0n) is 12.0. The van der Waals surface area contributed by atoms with E-state index >= 15 is 0 Å². The molecule has 0 bridgehead atoms. The zero-order valence-corrected chi connectivity index (χ0v) is 13.6. The fourth-order valence-corrected chi connectivity index (χ4v) is 3.25. The summed E-state index contributed by atoms with van der Waals surface area (Å²) in [5.74, 6) is 0.446. The Balaban J connectivity index is 1.76. The summed E-state index contributed by atoms with van der Waals surface area (Å²) >= 11 is 7.30. The van der Waals surface area contributed by atoms with Crippen molar-refractivity contribution >= 4 is 40.0 Å². The molecule has 3 aromatic rings. The van der Waals surface area contributed by atoms with Crippen LogP contribution in [0.4, 0.5) is 0 Å². The molecule has 1 heterocycles. The van der Waals surface area contributed by atoms with Gasteiger partial charge in [-0.3, -0.25) is 4.79 Å². The molecule has 0 unspecified atom stereocenters. The number of Topliss-reactive ketones (excluding diaryl/α,β-unsaturated/α-hetero) is 1. The lowest BCUT2D eigenvalue weighted by molar-refractivity contribution is 0.102. The topological polar surface area (TPSA) is 30.0 Å². The van der Waals surface area contributed by atoms with Gasteiger partial charge in [0.15, 0.2) is 5.78 Å². The number of pyridine rings is 1. The van der Waals surface area contributed by atoms with Gasteiger partial charge in [0.25, 0.3) is 0 Å². The van der Waals surface area contributed by atoms with Crippen LogP contribution in [0.2, 0.25) is 5.02 Å². The van der Waals surface area contributed by atoms with Crippen molar-refractivity contribution in [3.63, 3.8) is 0 Å². The summed E-state index contributed by atoms with van der Waals surface area (Å²) < 4.78 is 0. The number of halogens is 1. The van der Waals surface area contributed by atoms with Gasteiger partial charge in [0.1, 0.15) is 0 Å². The molecule has 2 nitrogen and oxygen atoms in total. The summed E-state index contributed by atoms with van der Waals surface area (Å²) in [5, 5.41) is 2.66. The Bertz CT molecular complexity index is 830. The first-order valence-corrected chi connectivity index (χ1v) is 8.28. The van der Waals surface area contributed by atoms with E-state index in [2.05, 4.69) is 18.0 Å². The fourth-order valence-electron chi connectivity index (χ4n) is 2.25. The van der Waals surface area contributed by atoms with E-state index in [1.54, 1.807) is 24.3 Å². The molecule has 0 saturated carbocycles. The quantitative estimate of drug-likeness (QED) is 0.489. The third-order valence-electron chi connectivity index (χ3n) is 3.42. The van der Waals surface area contributed by atoms with Gasteiger partial charge in [-0.15, -0.1) is 0 Å². The average molecular weight is 328 g/mol. The van der Waals surface area contributed by atoms with Crippen molar-refractivity contribution in [3.05, 3.63) is 70.7 Å². The lowest BCUT2D eigenvalue weighted by Gasteiger charge is -2.06. The number of ketones is 1. The van der Waals surface area contributed by atoms with Gasteiger partial charge in [-0.05, 0) is 48.9 Å². The summed E-state index contributed by atoms with van der Waals surface area (Å²) in [6.07, 6.45) is 0. The Morgan fingerprint density at radius 1 is 1.14 bits per heavy atom. The van der Waals surface area contributed by atoms with E-state index < -0.39 is 0 Å². The highest BCUT2D eigenvalue weighted by molar-refractivity contribution is 7.99. The van der Waals surface area contributed by atoms with Crippen molar-refractivity contribution in [1.82, 2.24) is 4.98 Å². The molecule has 2 aromatic carbocycles. The minimum atomic E-state index is 0.0780. The number of benzene rings is 2. The van der Waals surface area contributed by atoms with Crippen LogP contribution in [-0.2, 0) is 0 Å². The van der Waals surface area contributed by atoms with E-state index in [1.165, 1.54) is 17.3 Å². The van der Waals surface area contributed by atoms with Crippen molar-refractivity contribution in [2.24, 2.45) is 0 Å². The molecule has 4 heteroatoms. The Morgan fingerprint density at radius 2 is 1.86 bits per heavy atom. The predicted octanol–water partition coefficient (Wildman–Crippen LogP) is 5.17. The molecule has 3 rings (SSSR count). The number of carbonyl (C=O) groups excluding carboxylic acids is 1. The highest BCUT2D eigenvalue weighted by Crippen LogP contribution is 2.24. The SMILES string of the molecule is Cc1cc(SCC(=O)c2ccc(Cl)cc2)nc2ccccc12. The lowest BCUT2D eigenvalue weighted by atomic mass is 10.1. The lowest BCUT2D eigenvalue weighted by Crippen LogP contribution is -2.02. The first-order chi connectivity index (χ1) is 10.6. The molecule has 22 heavy (non-hydrogen) atoms. The minimum absolute atomic E-state index is 0.0780. The summed E-state index contributed by atoms with van der Waals surface area (Å²) in [4.78, 5) is 16.8. The second kappa shape index (κ2) is 6.51. The molecule has 110 valence electrons. The van der Waals surface area contributed by atoms with E-state index in [1.807, 2.05) is 24.3 Å². The second-order valence-electron chi connectivity index (χ2n) is 5.01. The number of para-hydroxylation sites is 1. The van der Waals surface area contributed by atoms with Crippen LogP contribution < -0.4 is 0 Å². The Labute approximate surface area is 138 Å². The smallest absolute Gasteiger partial charge is 0.173 e. The highest BCUT2D eigenvalue weighted by Gasteiger charge is 2.09. The molecule has 0 radical (unpaired) electrons.